The molecule has 1 aliphatic carbocycles. The lowest BCUT2D eigenvalue weighted by Crippen LogP contribution is -2.29. The summed E-state index contributed by atoms with van der Waals surface area (Å²) in [6, 6.07) is 4.74. The largest absolute Gasteiger partial charge is 0.388 e. The van der Waals surface area contributed by atoms with Crippen molar-refractivity contribution in [3.8, 4) is 0 Å². The zero-order valence-electron chi connectivity index (χ0n) is 16.4. The van der Waals surface area contributed by atoms with Gasteiger partial charge in [-0.2, -0.15) is 0 Å². The SMILES string of the molecule is Nc1ncnc2c1ccn2C1C=C(CCc2ccc(F)c3c2CNCC3)C(O)C1O. The molecule has 0 spiro atoms. The van der Waals surface area contributed by atoms with E-state index in [9.17, 15) is 14.6 Å². The number of halogens is 1. The maximum absolute atomic E-state index is 14.1. The Labute approximate surface area is 173 Å². The molecule has 3 unspecified atom stereocenters. The number of nitrogens with one attached hydrogen (secondary N) is 1. The molecule has 0 saturated carbocycles. The van der Waals surface area contributed by atoms with Gasteiger partial charge in [-0.25, -0.2) is 14.4 Å². The van der Waals surface area contributed by atoms with Crippen LogP contribution in [0.1, 0.15) is 29.2 Å². The predicted octanol–water partition coefficient (Wildman–Crippen LogP) is 1.63. The van der Waals surface area contributed by atoms with E-state index < -0.39 is 18.2 Å². The number of aromatic nitrogens is 3. The Morgan fingerprint density at radius 1 is 1.17 bits per heavy atom. The first-order chi connectivity index (χ1) is 14.5. The third kappa shape index (κ3) is 3.08. The molecule has 1 aliphatic heterocycles. The molecule has 30 heavy (non-hydrogen) atoms. The molecule has 7 nitrogen and oxygen atoms in total. The summed E-state index contributed by atoms with van der Waals surface area (Å²) < 4.78 is 16.0. The lowest BCUT2D eigenvalue weighted by molar-refractivity contribution is 0.0317. The minimum Gasteiger partial charge on any atom is -0.388 e. The van der Waals surface area contributed by atoms with Gasteiger partial charge in [-0.3, -0.25) is 0 Å². The number of fused-ring (bicyclic) bond motifs is 2. The number of aryl methyl sites for hydroxylation is 1. The number of nitrogens with zero attached hydrogens (tertiary/aromatic N) is 3. The van der Waals surface area contributed by atoms with Crippen LogP contribution >= 0.6 is 0 Å². The number of aliphatic hydroxyl groups excluding tert-OH is 2. The Balaban J connectivity index is 1.41. The van der Waals surface area contributed by atoms with Crippen molar-refractivity contribution >= 4 is 16.9 Å². The van der Waals surface area contributed by atoms with E-state index in [1.165, 1.54) is 12.4 Å². The van der Waals surface area contributed by atoms with E-state index in [-0.39, 0.29) is 5.82 Å². The van der Waals surface area contributed by atoms with Gasteiger partial charge < -0.3 is 25.8 Å². The van der Waals surface area contributed by atoms with E-state index in [4.69, 9.17) is 5.73 Å². The van der Waals surface area contributed by atoms with Crippen LogP contribution in [0.5, 0.6) is 0 Å². The summed E-state index contributed by atoms with van der Waals surface area (Å²) in [4.78, 5) is 8.28. The van der Waals surface area contributed by atoms with Gasteiger partial charge in [0.2, 0.25) is 0 Å². The molecular formula is C22H24FN5O2. The topological polar surface area (TPSA) is 109 Å². The van der Waals surface area contributed by atoms with Crippen molar-refractivity contribution in [3.05, 3.63) is 64.9 Å². The Bertz CT molecular complexity index is 1140. The number of nitrogens with two attached hydrogens (primary N) is 1. The standard InChI is InChI=1S/C22H24FN5O2/c23-17-4-3-12(16-10-25-7-5-14(16)17)1-2-13-9-18(20(30)19(13)29)28-8-6-15-21(24)26-11-27-22(15)28/h3-4,6,8-9,11,18-20,25,29-30H,1-2,5,7,10H2,(H2,24,26,27). The molecule has 2 aliphatic rings. The van der Waals surface area contributed by atoms with Gasteiger partial charge >= 0.3 is 0 Å². The van der Waals surface area contributed by atoms with Gasteiger partial charge in [0.1, 0.15) is 35.8 Å². The van der Waals surface area contributed by atoms with Gasteiger partial charge in [-0.05, 0) is 60.2 Å². The van der Waals surface area contributed by atoms with Crippen LogP contribution in [0, 0.1) is 5.82 Å². The number of aliphatic hydroxyl groups is 2. The van der Waals surface area contributed by atoms with Gasteiger partial charge in [-0.15, -0.1) is 0 Å². The van der Waals surface area contributed by atoms with Crippen LogP contribution in [0.2, 0.25) is 0 Å². The van der Waals surface area contributed by atoms with Crippen molar-refractivity contribution in [2.45, 2.75) is 44.1 Å². The van der Waals surface area contributed by atoms with Crippen LogP contribution in [0.25, 0.3) is 11.0 Å². The van der Waals surface area contributed by atoms with E-state index in [1.54, 1.807) is 6.20 Å². The van der Waals surface area contributed by atoms with Crippen LogP contribution < -0.4 is 11.1 Å². The van der Waals surface area contributed by atoms with Crippen LogP contribution in [0.3, 0.4) is 0 Å². The van der Waals surface area contributed by atoms with Crippen LogP contribution in [0.15, 0.2) is 42.4 Å². The molecule has 0 amide bonds. The van der Waals surface area contributed by atoms with Crippen LogP contribution in [0.4, 0.5) is 10.2 Å². The third-order valence-electron chi connectivity index (χ3n) is 6.31. The highest BCUT2D eigenvalue weighted by Crippen LogP contribution is 2.35. The summed E-state index contributed by atoms with van der Waals surface area (Å²) in [5.41, 5.74) is 10.2. The average Bonchev–Trinajstić information content (AvgIpc) is 3.30. The quantitative estimate of drug-likeness (QED) is 0.488. The fraction of sp³-hybridized carbons (Fsp3) is 0.364. The average molecular weight is 409 g/mol. The molecule has 0 bridgehead atoms. The highest BCUT2D eigenvalue weighted by molar-refractivity contribution is 5.86. The van der Waals surface area contributed by atoms with E-state index in [2.05, 4.69) is 15.3 Å². The minimum atomic E-state index is -0.976. The van der Waals surface area contributed by atoms with E-state index in [0.29, 0.717) is 42.7 Å². The van der Waals surface area contributed by atoms with E-state index in [1.807, 2.05) is 22.8 Å². The molecule has 5 rings (SSSR count). The number of hydrogen-bond donors (Lipinski definition) is 4. The van der Waals surface area contributed by atoms with E-state index >= 15 is 0 Å². The highest BCUT2D eigenvalue weighted by atomic mass is 19.1. The molecule has 2 aromatic heterocycles. The first-order valence-electron chi connectivity index (χ1n) is 10.2. The minimum absolute atomic E-state index is 0.147. The molecule has 156 valence electrons. The molecule has 0 saturated heterocycles. The number of anilines is 1. The second-order valence-electron chi connectivity index (χ2n) is 7.98. The first kappa shape index (κ1) is 19.2. The zero-order valence-corrected chi connectivity index (χ0v) is 16.4. The molecular weight excluding hydrogens is 385 g/mol. The monoisotopic (exact) mass is 409 g/mol. The second-order valence-corrected chi connectivity index (χ2v) is 7.98. The Morgan fingerprint density at radius 3 is 2.90 bits per heavy atom. The maximum atomic E-state index is 14.1. The molecule has 3 atom stereocenters. The van der Waals surface area contributed by atoms with Gasteiger partial charge in [0, 0.05) is 12.7 Å². The Kier molecular flexibility index (Phi) is 4.77. The Morgan fingerprint density at radius 2 is 2.03 bits per heavy atom. The number of nitrogen functional groups attached to an aromatic ring is 1. The molecule has 0 radical (unpaired) electrons. The summed E-state index contributed by atoms with van der Waals surface area (Å²) in [5, 5.41) is 25.4. The number of benzene rings is 1. The fourth-order valence-corrected chi connectivity index (χ4v) is 4.67. The zero-order chi connectivity index (χ0) is 20.8. The first-order valence-corrected chi connectivity index (χ1v) is 10.2. The van der Waals surface area contributed by atoms with Crippen molar-refractivity contribution in [2.24, 2.45) is 0 Å². The number of hydrogen-bond acceptors (Lipinski definition) is 6. The number of rotatable bonds is 4. The fourth-order valence-electron chi connectivity index (χ4n) is 4.67. The van der Waals surface area contributed by atoms with Crippen LogP contribution in [-0.2, 0) is 19.4 Å². The van der Waals surface area contributed by atoms with Crippen molar-refractivity contribution in [2.75, 3.05) is 12.3 Å². The van der Waals surface area contributed by atoms with Gasteiger partial charge in [-0.1, -0.05) is 12.1 Å². The summed E-state index contributed by atoms with van der Waals surface area (Å²) in [7, 11) is 0. The van der Waals surface area contributed by atoms with E-state index in [0.717, 1.165) is 28.8 Å². The van der Waals surface area contributed by atoms with Crippen LogP contribution in [-0.4, -0.2) is 43.5 Å². The van der Waals surface area contributed by atoms with Crippen molar-refractivity contribution in [1.29, 1.82) is 0 Å². The van der Waals surface area contributed by atoms with Gasteiger partial charge in [0.15, 0.2) is 0 Å². The van der Waals surface area contributed by atoms with Gasteiger partial charge in [0.25, 0.3) is 0 Å². The predicted molar refractivity (Wildman–Crippen MR) is 111 cm³/mol. The lowest BCUT2D eigenvalue weighted by Gasteiger charge is -2.22. The van der Waals surface area contributed by atoms with Crippen molar-refractivity contribution in [3.63, 3.8) is 0 Å². The van der Waals surface area contributed by atoms with Gasteiger partial charge in [0.05, 0.1) is 11.4 Å². The molecule has 5 N–H and O–H groups in total. The lowest BCUT2D eigenvalue weighted by atomic mass is 9.91. The van der Waals surface area contributed by atoms with Crippen molar-refractivity contribution in [1.82, 2.24) is 19.9 Å². The molecule has 0 fully saturated rings. The highest BCUT2D eigenvalue weighted by Gasteiger charge is 2.36. The summed E-state index contributed by atoms with van der Waals surface area (Å²) >= 11 is 0. The Hall–Kier alpha value is -2.81. The molecule has 3 aromatic rings. The molecule has 3 heterocycles. The molecule has 1 aromatic carbocycles. The van der Waals surface area contributed by atoms with Crippen molar-refractivity contribution < 1.29 is 14.6 Å². The second kappa shape index (κ2) is 7.46. The maximum Gasteiger partial charge on any atom is 0.146 e. The summed E-state index contributed by atoms with van der Waals surface area (Å²) in [6.07, 6.45) is 5.11. The normalized spacial score (nSPS) is 23.6. The summed E-state index contributed by atoms with van der Waals surface area (Å²) in [6.45, 7) is 1.44. The summed E-state index contributed by atoms with van der Waals surface area (Å²) in [5.74, 6) is 0.234. The third-order valence-corrected chi connectivity index (χ3v) is 6.31. The molecule has 8 heteroatoms. The smallest absolute Gasteiger partial charge is 0.146 e.